The Kier molecular flexibility index (Phi) is 7.64. The molecule has 1 aliphatic rings. The van der Waals surface area contributed by atoms with Crippen molar-refractivity contribution in [3.63, 3.8) is 0 Å². The molecule has 0 spiro atoms. The van der Waals surface area contributed by atoms with Gasteiger partial charge in [-0.15, -0.1) is 11.3 Å². The lowest BCUT2D eigenvalue weighted by Crippen LogP contribution is -2.33. The van der Waals surface area contributed by atoms with E-state index in [4.69, 9.17) is 4.74 Å². The second-order valence-corrected chi connectivity index (χ2v) is 8.36. The average Bonchev–Trinajstić information content (AvgIpc) is 3.31. The molecule has 1 aromatic carbocycles. The normalized spacial score (nSPS) is 16.0. The Morgan fingerprint density at radius 3 is 2.65 bits per heavy atom. The quantitative estimate of drug-likeness (QED) is 0.542. The topological polar surface area (TPSA) is 99.8 Å². The molecule has 1 aromatic heterocycles. The minimum atomic E-state index is -0.546. The zero-order chi connectivity index (χ0) is 22.4. The van der Waals surface area contributed by atoms with Crippen LogP contribution in [-0.4, -0.2) is 62.0 Å². The number of carbonyl (C=O) groups excluding carboxylic acids is 3. The van der Waals surface area contributed by atoms with E-state index >= 15 is 0 Å². The molecule has 31 heavy (non-hydrogen) atoms. The summed E-state index contributed by atoms with van der Waals surface area (Å²) in [7, 11) is 1.52. The van der Waals surface area contributed by atoms with E-state index in [0.29, 0.717) is 15.4 Å². The summed E-state index contributed by atoms with van der Waals surface area (Å²) in [6.07, 6.45) is 0.940. The number of nitrogens with one attached hydrogen (secondary N) is 3. The molecule has 0 saturated carbocycles. The van der Waals surface area contributed by atoms with Crippen LogP contribution in [0.3, 0.4) is 0 Å². The SMILES string of the molecule is CCOC(=O)c1c(NC(=O)CN2CCC(Nc3ccccc3)C2)sc(C(=O)NC)c1C. The number of esters is 1. The van der Waals surface area contributed by atoms with Crippen molar-refractivity contribution < 1.29 is 19.1 Å². The van der Waals surface area contributed by atoms with Crippen LogP contribution in [0, 0.1) is 6.92 Å². The Morgan fingerprint density at radius 2 is 1.97 bits per heavy atom. The number of rotatable bonds is 8. The molecule has 9 heteroatoms. The van der Waals surface area contributed by atoms with Crippen LogP contribution >= 0.6 is 11.3 Å². The van der Waals surface area contributed by atoms with Crippen LogP contribution in [0.5, 0.6) is 0 Å². The Morgan fingerprint density at radius 1 is 1.23 bits per heavy atom. The zero-order valence-corrected chi connectivity index (χ0v) is 18.8. The number of para-hydroxylation sites is 1. The third-order valence-electron chi connectivity index (χ3n) is 5.10. The van der Waals surface area contributed by atoms with E-state index in [-0.39, 0.29) is 36.6 Å². The van der Waals surface area contributed by atoms with Gasteiger partial charge >= 0.3 is 5.97 Å². The van der Waals surface area contributed by atoms with Gasteiger partial charge in [-0.05, 0) is 38.0 Å². The van der Waals surface area contributed by atoms with Gasteiger partial charge in [0.1, 0.15) is 5.00 Å². The summed E-state index contributed by atoms with van der Waals surface area (Å²) in [5, 5.41) is 9.21. The van der Waals surface area contributed by atoms with E-state index < -0.39 is 5.97 Å². The summed E-state index contributed by atoms with van der Waals surface area (Å²) < 4.78 is 5.13. The highest BCUT2D eigenvalue weighted by molar-refractivity contribution is 7.18. The van der Waals surface area contributed by atoms with Gasteiger partial charge < -0.3 is 20.7 Å². The van der Waals surface area contributed by atoms with E-state index in [9.17, 15) is 14.4 Å². The van der Waals surface area contributed by atoms with Gasteiger partial charge in [-0.25, -0.2) is 4.79 Å². The molecule has 166 valence electrons. The van der Waals surface area contributed by atoms with Gasteiger partial charge in [-0.2, -0.15) is 0 Å². The van der Waals surface area contributed by atoms with E-state index in [1.807, 2.05) is 30.3 Å². The first-order chi connectivity index (χ1) is 14.9. The second kappa shape index (κ2) is 10.4. The maximum atomic E-state index is 12.7. The van der Waals surface area contributed by atoms with E-state index in [2.05, 4.69) is 20.9 Å². The predicted molar refractivity (Wildman–Crippen MR) is 122 cm³/mol. The third-order valence-corrected chi connectivity index (χ3v) is 6.30. The Bertz CT molecular complexity index is 944. The molecular weight excluding hydrogens is 416 g/mol. The lowest BCUT2D eigenvalue weighted by molar-refractivity contribution is -0.117. The summed E-state index contributed by atoms with van der Waals surface area (Å²) >= 11 is 1.09. The van der Waals surface area contributed by atoms with Crippen molar-refractivity contribution in [2.75, 3.05) is 43.9 Å². The van der Waals surface area contributed by atoms with Crippen molar-refractivity contribution in [2.45, 2.75) is 26.3 Å². The highest BCUT2D eigenvalue weighted by Crippen LogP contribution is 2.33. The number of hydrogen-bond donors (Lipinski definition) is 3. The Labute approximate surface area is 186 Å². The molecule has 1 atom stereocenters. The largest absolute Gasteiger partial charge is 0.462 e. The van der Waals surface area contributed by atoms with Crippen LogP contribution in [0.2, 0.25) is 0 Å². The number of hydrogen-bond acceptors (Lipinski definition) is 7. The van der Waals surface area contributed by atoms with Crippen molar-refractivity contribution in [3.05, 3.63) is 46.3 Å². The summed E-state index contributed by atoms with van der Waals surface area (Å²) in [5.41, 5.74) is 1.81. The fourth-order valence-electron chi connectivity index (χ4n) is 3.61. The summed E-state index contributed by atoms with van der Waals surface area (Å²) in [5.74, 6) is -1.08. The first-order valence-electron chi connectivity index (χ1n) is 10.3. The zero-order valence-electron chi connectivity index (χ0n) is 18.0. The van der Waals surface area contributed by atoms with Crippen molar-refractivity contribution >= 4 is 39.8 Å². The van der Waals surface area contributed by atoms with E-state index in [1.54, 1.807) is 13.8 Å². The molecule has 1 saturated heterocycles. The highest BCUT2D eigenvalue weighted by Gasteiger charge is 2.28. The fourth-order valence-corrected chi connectivity index (χ4v) is 4.77. The molecule has 0 radical (unpaired) electrons. The van der Waals surface area contributed by atoms with Gasteiger partial charge in [0.15, 0.2) is 0 Å². The number of amides is 2. The molecule has 1 unspecified atom stereocenters. The molecule has 1 fully saturated rings. The first kappa shape index (κ1) is 22.8. The fraction of sp³-hybridized carbons (Fsp3) is 0.409. The Hall–Kier alpha value is -2.91. The smallest absolute Gasteiger partial charge is 0.341 e. The van der Waals surface area contributed by atoms with Crippen molar-refractivity contribution in [1.82, 2.24) is 10.2 Å². The Balaban J connectivity index is 1.64. The molecular formula is C22H28N4O4S. The average molecular weight is 445 g/mol. The molecule has 2 heterocycles. The third kappa shape index (κ3) is 5.62. The summed E-state index contributed by atoms with van der Waals surface area (Å²) in [6, 6.07) is 10.3. The van der Waals surface area contributed by atoms with Crippen LogP contribution < -0.4 is 16.0 Å². The van der Waals surface area contributed by atoms with E-state index in [1.165, 1.54) is 7.05 Å². The lowest BCUT2D eigenvalue weighted by Gasteiger charge is -2.17. The van der Waals surface area contributed by atoms with Crippen molar-refractivity contribution in [3.8, 4) is 0 Å². The highest BCUT2D eigenvalue weighted by atomic mass is 32.1. The number of anilines is 2. The molecule has 0 bridgehead atoms. The lowest BCUT2D eigenvalue weighted by atomic mass is 10.1. The molecule has 2 amide bonds. The maximum Gasteiger partial charge on any atom is 0.341 e. The van der Waals surface area contributed by atoms with Crippen molar-refractivity contribution in [1.29, 1.82) is 0 Å². The molecule has 3 rings (SSSR count). The predicted octanol–water partition coefficient (Wildman–Crippen LogP) is 2.72. The number of ether oxygens (including phenoxy) is 1. The van der Waals surface area contributed by atoms with Crippen LogP contribution in [0.1, 0.15) is 38.9 Å². The van der Waals surface area contributed by atoms with Gasteiger partial charge in [0, 0.05) is 31.9 Å². The van der Waals surface area contributed by atoms with Crippen LogP contribution in [0.25, 0.3) is 0 Å². The molecule has 1 aliphatic heterocycles. The van der Waals surface area contributed by atoms with Crippen LogP contribution in [-0.2, 0) is 9.53 Å². The molecule has 2 aromatic rings. The van der Waals surface area contributed by atoms with Crippen LogP contribution in [0.15, 0.2) is 30.3 Å². The number of likely N-dealkylation sites (tertiary alicyclic amines) is 1. The number of carbonyl (C=O) groups is 3. The number of benzene rings is 1. The first-order valence-corrected chi connectivity index (χ1v) is 11.1. The summed E-state index contributed by atoms with van der Waals surface area (Å²) in [6.45, 7) is 5.37. The second-order valence-electron chi connectivity index (χ2n) is 7.34. The standard InChI is InChI=1S/C22H28N4O4S/c1-4-30-22(29)18-14(2)19(20(28)23-3)31-21(18)25-17(27)13-26-11-10-16(12-26)24-15-8-6-5-7-9-15/h5-9,16,24H,4,10-13H2,1-3H3,(H,23,28)(H,25,27). The van der Waals surface area contributed by atoms with Gasteiger partial charge in [0.05, 0.1) is 23.6 Å². The monoisotopic (exact) mass is 444 g/mol. The minimum absolute atomic E-state index is 0.209. The number of thiophene rings is 1. The maximum absolute atomic E-state index is 12.7. The molecule has 8 nitrogen and oxygen atoms in total. The van der Waals surface area contributed by atoms with E-state index in [0.717, 1.165) is 36.5 Å². The number of nitrogens with zero attached hydrogens (tertiary/aromatic N) is 1. The van der Waals surface area contributed by atoms with Gasteiger partial charge in [0.2, 0.25) is 5.91 Å². The summed E-state index contributed by atoms with van der Waals surface area (Å²) in [4.78, 5) is 39.7. The van der Waals surface area contributed by atoms with Gasteiger partial charge in [-0.1, -0.05) is 18.2 Å². The molecule has 3 N–H and O–H groups in total. The minimum Gasteiger partial charge on any atom is -0.462 e. The van der Waals surface area contributed by atoms with Gasteiger partial charge in [0.25, 0.3) is 5.91 Å². The van der Waals surface area contributed by atoms with Crippen LogP contribution in [0.4, 0.5) is 10.7 Å². The van der Waals surface area contributed by atoms with Gasteiger partial charge in [-0.3, -0.25) is 14.5 Å². The van der Waals surface area contributed by atoms with Crippen molar-refractivity contribution in [2.24, 2.45) is 0 Å². The molecule has 0 aliphatic carbocycles.